The Balaban J connectivity index is 1.22. The minimum absolute atomic E-state index is 0.00319. The van der Waals surface area contributed by atoms with Crippen molar-refractivity contribution in [3.05, 3.63) is 246 Å². The molecule has 3 aromatic heterocycles. The van der Waals surface area contributed by atoms with E-state index in [-0.39, 0.29) is 33.6 Å². The van der Waals surface area contributed by atoms with Crippen molar-refractivity contribution in [3.8, 4) is 73.2 Å². The van der Waals surface area contributed by atoms with Crippen molar-refractivity contribution in [2.75, 3.05) is 0 Å². The zero-order valence-electron chi connectivity index (χ0n) is 87.7. The van der Waals surface area contributed by atoms with Crippen molar-refractivity contribution in [1.29, 1.82) is 0 Å². The molecule has 0 radical (unpaired) electrons. The summed E-state index contributed by atoms with van der Waals surface area (Å²) < 4.78 is 380. The first-order valence-electron chi connectivity index (χ1n) is 47.9. The second-order valence-corrected chi connectivity index (χ2v) is 24.7. The third kappa shape index (κ3) is 9.86. The first kappa shape index (κ1) is 28.1. The standard InChI is InChI=1S/C83H82N4O/c1-78(2,3)59-32-27-54(28-33-59)55-31-38-73-75(47-55)85(61-23-20-24-62(49-61)88-63-34-35-65-64-25-18-19-26-72(64)87(74(65)50-63)76-48-60(39-42-84-76)79(4,5)6)52-86(73)77-66(56-29-36-68-70(45-56)81(9,10)41-40-80(68,7)8)43-58(53-21-16-15-17-22-53)44-67(77)57-30-37-69-71(46-57)83(13,14)51-82(69,11)12/h15-39,42-50H,40-41,51H2,1-14H3/i7D3,8D3,9D3,10D3,11D3,12D3,13D3,14D3,15D,16D,17D,21D,22D,29D,30D,36D,37D,40D2,41D2,45D,46D. The number of fused-ring (bicyclic) bond motifs is 6. The number of rotatable bonds is 9. The lowest BCUT2D eigenvalue weighted by Crippen LogP contribution is -2.34. The summed E-state index contributed by atoms with van der Waals surface area (Å²) in [6, 6.07) is 20.7. The van der Waals surface area contributed by atoms with E-state index in [1.54, 1.807) is 48.7 Å². The predicted molar refractivity (Wildman–Crippen MR) is 367 cm³/mol. The Morgan fingerprint density at radius 3 is 1.83 bits per heavy atom. The highest BCUT2D eigenvalue weighted by Crippen LogP contribution is 2.52. The van der Waals surface area contributed by atoms with Crippen molar-refractivity contribution in [1.82, 2.24) is 14.1 Å². The second-order valence-electron chi connectivity index (χ2n) is 24.7. The number of hydrogen-bond acceptors (Lipinski definition) is 2. The van der Waals surface area contributed by atoms with E-state index in [1.165, 1.54) is 28.8 Å². The minimum atomic E-state index is -4.95. The molecule has 0 aliphatic heterocycles. The summed E-state index contributed by atoms with van der Waals surface area (Å²) in [5.41, 5.74) is -28.4. The molecule has 5 heteroatoms. The average Bonchev–Trinajstić information content (AvgIpc) is 1.62. The number of benzene rings is 9. The van der Waals surface area contributed by atoms with Crippen LogP contribution in [-0.4, -0.2) is 14.1 Å². The molecule has 0 bridgehead atoms. The summed E-state index contributed by atoms with van der Waals surface area (Å²) in [7, 11) is 0. The zero-order chi connectivity index (χ0) is 94.6. The van der Waals surface area contributed by atoms with E-state index in [1.807, 2.05) is 79.9 Å². The predicted octanol–water partition coefficient (Wildman–Crippen LogP) is 21.6. The molecule has 5 nitrogen and oxygen atoms in total. The highest BCUT2D eigenvalue weighted by Gasteiger charge is 2.42. The van der Waals surface area contributed by atoms with Crippen LogP contribution in [0.4, 0.5) is 0 Å². The van der Waals surface area contributed by atoms with Crippen LogP contribution in [-0.2, 0) is 32.5 Å². The first-order valence-corrected chi connectivity index (χ1v) is 28.4. The molecule has 9 aromatic carbocycles. The number of pyridine rings is 1. The van der Waals surface area contributed by atoms with Gasteiger partial charge in [-0.1, -0.05) is 223 Å². The third-order valence-electron chi connectivity index (χ3n) is 16.4. The molecule has 0 saturated heterocycles. The maximum Gasteiger partial charge on any atom is 0.269 e. The van der Waals surface area contributed by atoms with Gasteiger partial charge in [-0.25, -0.2) is 4.98 Å². The third-order valence-corrected chi connectivity index (χ3v) is 16.4. The normalized spacial score (nSPS) is 24.6. The van der Waals surface area contributed by atoms with Crippen LogP contribution < -0.4 is 9.30 Å². The maximum atomic E-state index is 10.8. The van der Waals surface area contributed by atoms with Crippen molar-refractivity contribution in [2.45, 2.75) is 148 Å². The Labute approximate surface area is 576 Å². The van der Waals surface area contributed by atoms with E-state index in [0.29, 0.717) is 22.5 Å². The van der Waals surface area contributed by atoms with E-state index in [4.69, 9.17) is 30.3 Å². The number of hydrogen-bond donors (Lipinski definition) is 0. The quantitative estimate of drug-likeness (QED) is 0.107. The van der Waals surface area contributed by atoms with Gasteiger partial charge in [0, 0.05) is 61.4 Å². The summed E-state index contributed by atoms with van der Waals surface area (Å²) >= 11 is 0. The number of imidazole rings is 1. The van der Waals surface area contributed by atoms with Gasteiger partial charge in [0.05, 0.1) is 48.5 Å². The molecule has 88 heavy (non-hydrogen) atoms. The molecular formula is C83H82N4O. The van der Waals surface area contributed by atoms with Crippen molar-refractivity contribution in [3.63, 3.8) is 0 Å². The zero-order valence-corrected chi connectivity index (χ0v) is 48.7. The van der Waals surface area contributed by atoms with Gasteiger partial charge in [0.15, 0.2) is 0 Å². The van der Waals surface area contributed by atoms with Gasteiger partial charge >= 0.3 is 0 Å². The van der Waals surface area contributed by atoms with Gasteiger partial charge in [-0.05, 0) is 196 Å². The fourth-order valence-electron chi connectivity index (χ4n) is 11.9. The van der Waals surface area contributed by atoms with Crippen LogP contribution in [0.25, 0.3) is 94.5 Å². The number of nitrogens with zero attached hydrogens (tertiary/aromatic N) is 4. The molecule has 3 heterocycles. The topological polar surface area (TPSA) is 35.9 Å². The second kappa shape index (κ2) is 20.4. The molecule has 0 saturated carbocycles. The van der Waals surface area contributed by atoms with E-state index in [9.17, 15) is 32.9 Å². The summed E-state index contributed by atoms with van der Waals surface area (Å²) in [6.45, 7) is -23.0. The van der Waals surface area contributed by atoms with Gasteiger partial charge in [-0.3, -0.25) is 13.7 Å². The molecule has 2 aliphatic carbocycles. The van der Waals surface area contributed by atoms with Crippen LogP contribution in [0.2, 0.25) is 0 Å². The van der Waals surface area contributed by atoms with Gasteiger partial charge in [0.2, 0.25) is 0 Å². The minimum Gasteiger partial charge on any atom is -0.458 e. The summed E-state index contributed by atoms with van der Waals surface area (Å²) in [5, 5.41) is 1.68. The highest BCUT2D eigenvalue weighted by molar-refractivity contribution is 6.09. The van der Waals surface area contributed by atoms with Gasteiger partial charge in [0.25, 0.3) is 6.33 Å². The molecule has 0 unspecified atom stereocenters. The molecule has 0 amide bonds. The lowest BCUT2D eigenvalue weighted by Gasteiger charge is -2.42. The maximum absolute atomic E-state index is 10.8. The molecule has 12 aromatic rings. The molecule has 440 valence electrons. The smallest absolute Gasteiger partial charge is 0.269 e. The number of ether oxygens (including phenoxy) is 1. The molecule has 2 aliphatic rings. The highest BCUT2D eigenvalue weighted by atomic mass is 16.5. The molecule has 0 N–H and O–H groups in total. The summed E-state index contributed by atoms with van der Waals surface area (Å²) in [5.74, 6) is 0.942. The fourth-order valence-corrected chi connectivity index (χ4v) is 11.9. The van der Waals surface area contributed by atoms with Crippen LogP contribution in [0.3, 0.4) is 0 Å². The van der Waals surface area contributed by atoms with Gasteiger partial charge in [0.1, 0.15) is 17.3 Å². The Hall–Kier alpha value is -8.80. The average molecular weight is 1190 g/mol. The van der Waals surface area contributed by atoms with E-state index in [0.717, 1.165) is 44.1 Å². The number of aromatic nitrogens is 4. The fraction of sp³-hybridized carbons (Fsp3) is 0.277. The lowest BCUT2D eigenvalue weighted by molar-refractivity contribution is -0.571. The van der Waals surface area contributed by atoms with Crippen LogP contribution >= 0.6 is 0 Å². The number of para-hydroxylation sites is 1. The Kier molecular flexibility index (Phi) is 6.52. The summed E-state index contributed by atoms with van der Waals surface area (Å²) in [6.07, 6.45) is -6.86. The lowest BCUT2D eigenvalue weighted by atomic mass is 9.63. The SMILES string of the molecule is [2H]c1c([2H])c([2H])c(-c2cc(-c3c([2H])c([2H])c4c(c3[2H])C(C([2H])([2H])[2H])(C([2H])([2H])[2H])CC4(C([2H])([2H])[2H])C([2H])([2H])[2H])c(-[n+]3[c-]n(-c4cccc(Oc5ccc6c7ccccc7n(-c7cc(C(C)(C)C)ccn7)c6c5)c4)c4cc(-c5ccc(C(C)(C)C)cc5)ccc43)c(-c3c([2H])c([2H])c4c(c3[2H])C(C([2H])([2H])[2H])(C([2H])([2H])[2H])C([2H])([2H])C([2H])([2H])C4(C([2H])([2H])[2H])C([2H])([2H])[2H])c2)c([2H])c1[2H]. The molecule has 0 spiro atoms. The van der Waals surface area contributed by atoms with Crippen molar-refractivity contribution < 1.29 is 62.8 Å². The monoisotopic (exact) mass is 1190 g/mol. The molecule has 14 rings (SSSR count). The van der Waals surface area contributed by atoms with Gasteiger partial charge in [-0.15, -0.1) is 0 Å². The van der Waals surface area contributed by atoms with Crippen LogP contribution in [0.5, 0.6) is 11.5 Å². The van der Waals surface area contributed by atoms with E-state index < -0.39 is 229 Å². The largest absolute Gasteiger partial charge is 0.458 e. The molecule has 0 atom stereocenters. The van der Waals surface area contributed by atoms with E-state index >= 15 is 0 Å². The van der Waals surface area contributed by atoms with Gasteiger partial charge < -0.3 is 4.74 Å². The van der Waals surface area contributed by atoms with Gasteiger partial charge in [-0.2, -0.15) is 0 Å². The molecular weight excluding hydrogens is 1070 g/mol. The first-order chi connectivity index (χ1) is 58.0. The molecule has 0 fully saturated rings. The summed E-state index contributed by atoms with van der Waals surface area (Å²) in [4.78, 5) is 4.82. The van der Waals surface area contributed by atoms with Crippen molar-refractivity contribution in [2.24, 2.45) is 0 Å². The van der Waals surface area contributed by atoms with Crippen LogP contribution in [0.15, 0.2) is 206 Å². The van der Waals surface area contributed by atoms with Crippen LogP contribution in [0, 0.1) is 6.33 Å². The van der Waals surface area contributed by atoms with E-state index in [2.05, 4.69) is 27.1 Å². The Bertz CT molecular complexity index is 6480. The van der Waals surface area contributed by atoms with Crippen LogP contribution in [0.1, 0.15) is 202 Å². The van der Waals surface area contributed by atoms with Crippen molar-refractivity contribution >= 4 is 32.8 Å². The Morgan fingerprint density at radius 2 is 1.14 bits per heavy atom. The Morgan fingerprint density at radius 1 is 0.511 bits per heavy atom.